The maximum absolute atomic E-state index is 12.7. The van der Waals surface area contributed by atoms with E-state index in [4.69, 9.17) is 4.74 Å². The van der Waals surface area contributed by atoms with Crippen LogP contribution in [0.25, 0.3) is 11.2 Å². The molecule has 0 fully saturated rings. The van der Waals surface area contributed by atoms with Gasteiger partial charge in [-0.1, -0.05) is 0 Å². The van der Waals surface area contributed by atoms with E-state index in [1.54, 1.807) is 6.92 Å². The van der Waals surface area contributed by atoms with Crippen LogP contribution in [0.4, 0.5) is 13.2 Å². The van der Waals surface area contributed by atoms with E-state index in [0.29, 0.717) is 0 Å². The van der Waals surface area contributed by atoms with Crippen LogP contribution in [0.15, 0.2) is 12.4 Å². The molecule has 90 valence electrons. The van der Waals surface area contributed by atoms with Gasteiger partial charge in [-0.15, -0.1) is 0 Å². The van der Waals surface area contributed by atoms with Crippen molar-refractivity contribution in [2.45, 2.75) is 13.1 Å². The first-order chi connectivity index (χ1) is 8.02. The van der Waals surface area contributed by atoms with Crippen LogP contribution >= 0.6 is 0 Å². The average molecular weight is 244 g/mol. The Labute approximate surface area is 93.7 Å². The summed E-state index contributed by atoms with van der Waals surface area (Å²) in [5.74, 6) is 0. The summed E-state index contributed by atoms with van der Waals surface area (Å²) >= 11 is 0. The van der Waals surface area contributed by atoms with Crippen molar-refractivity contribution >= 4 is 11.2 Å². The fraction of sp³-hybridized carbons (Fsp3) is 0.333. The molecule has 0 bridgehead atoms. The summed E-state index contributed by atoms with van der Waals surface area (Å²) < 4.78 is 43.0. The highest BCUT2D eigenvalue weighted by atomic mass is 19.4. The second kappa shape index (κ2) is 4.11. The quantitative estimate of drug-likeness (QED) is 0.806. The van der Waals surface area contributed by atoms with Gasteiger partial charge in [-0.25, -0.2) is 9.97 Å². The number of halogens is 3. The predicted molar refractivity (Wildman–Crippen MR) is 51.3 cm³/mol. The van der Waals surface area contributed by atoms with E-state index >= 15 is 0 Å². The molecule has 0 saturated heterocycles. The molecule has 0 atom stereocenters. The standard InChI is InChI=1S/C9H7F3N4O/c1-2-17-8-15-6(9(10,11)12)5-7(16-8)14-4-3-13-5/h3-4H,2H2,1H3. The van der Waals surface area contributed by atoms with Crippen molar-refractivity contribution in [1.82, 2.24) is 19.9 Å². The van der Waals surface area contributed by atoms with Crippen LogP contribution in [0.2, 0.25) is 0 Å². The minimum Gasteiger partial charge on any atom is -0.464 e. The lowest BCUT2D eigenvalue weighted by Crippen LogP contribution is -2.12. The van der Waals surface area contributed by atoms with E-state index in [1.165, 1.54) is 6.20 Å². The van der Waals surface area contributed by atoms with E-state index in [-0.39, 0.29) is 23.8 Å². The van der Waals surface area contributed by atoms with Gasteiger partial charge in [0.05, 0.1) is 6.61 Å². The summed E-state index contributed by atoms with van der Waals surface area (Å²) in [6.07, 6.45) is -2.21. The zero-order valence-corrected chi connectivity index (χ0v) is 8.69. The Morgan fingerprint density at radius 3 is 2.53 bits per heavy atom. The third kappa shape index (κ3) is 2.24. The molecule has 5 nitrogen and oxygen atoms in total. The molecule has 2 aromatic rings. The second-order valence-corrected chi connectivity index (χ2v) is 3.01. The smallest absolute Gasteiger partial charge is 0.435 e. The van der Waals surface area contributed by atoms with E-state index in [2.05, 4.69) is 19.9 Å². The van der Waals surface area contributed by atoms with Crippen molar-refractivity contribution in [3.05, 3.63) is 18.1 Å². The van der Waals surface area contributed by atoms with Gasteiger partial charge >= 0.3 is 12.2 Å². The summed E-state index contributed by atoms with van der Waals surface area (Å²) in [4.78, 5) is 14.3. The van der Waals surface area contributed by atoms with Gasteiger partial charge in [0, 0.05) is 12.4 Å². The Morgan fingerprint density at radius 2 is 1.88 bits per heavy atom. The van der Waals surface area contributed by atoms with Crippen LogP contribution in [-0.2, 0) is 6.18 Å². The lowest BCUT2D eigenvalue weighted by Gasteiger charge is -2.09. The van der Waals surface area contributed by atoms with Gasteiger partial charge in [0.1, 0.15) is 5.52 Å². The molecule has 0 saturated carbocycles. The molecule has 0 aromatic carbocycles. The van der Waals surface area contributed by atoms with Crippen LogP contribution in [-0.4, -0.2) is 26.5 Å². The Balaban J connectivity index is 2.69. The maximum atomic E-state index is 12.7. The number of aromatic nitrogens is 4. The molecular weight excluding hydrogens is 237 g/mol. The molecule has 2 rings (SSSR count). The summed E-state index contributed by atoms with van der Waals surface area (Å²) in [5.41, 5.74) is -1.67. The summed E-state index contributed by atoms with van der Waals surface area (Å²) in [7, 11) is 0. The Morgan fingerprint density at radius 1 is 1.18 bits per heavy atom. The van der Waals surface area contributed by atoms with Crippen molar-refractivity contribution in [3.8, 4) is 6.01 Å². The average Bonchev–Trinajstić information content (AvgIpc) is 2.27. The molecule has 0 aliphatic rings. The van der Waals surface area contributed by atoms with E-state index in [1.807, 2.05) is 0 Å². The third-order valence-electron chi connectivity index (χ3n) is 1.85. The largest absolute Gasteiger partial charge is 0.464 e. The molecule has 0 amide bonds. The fourth-order valence-electron chi connectivity index (χ4n) is 1.24. The Hall–Kier alpha value is -1.99. The van der Waals surface area contributed by atoms with Gasteiger partial charge in [-0.05, 0) is 6.92 Å². The normalized spacial score (nSPS) is 11.8. The molecule has 2 heterocycles. The zero-order chi connectivity index (χ0) is 12.5. The van der Waals surface area contributed by atoms with Crippen LogP contribution in [0, 0.1) is 0 Å². The van der Waals surface area contributed by atoms with Crippen molar-refractivity contribution in [2.75, 3.05) is 6.61 Å². The topological polar surface area (TPSA) is 60.8 Å². The molecule has 17 heavy (non-hydrogen) atoms. The highest BCUT2D eigenvalue weighted by Gasteiger charge is 2.36. The number of hydrogen-bond donors (Lipinski definition) is 0. The Bertz CT molecular complexity index is 543. The van der Waals surface area contributed by atoms with Gasteiger partial charge < -0.3 is 4.74 Å². The number of fused-ring (bicyclic) bond motifs is 1. The molecule has 2 aromatic heterocycles. The van der Waals surface area contributed by atoms with Crippen LogP contribution in [0.3, 0.4) is 0 Å². The zero-order valence-electron chi connectivity index (χ0n) is 8.69. The SMILES string of the molecule is CCOc1nc(C(F)(F)F)c2nccnc2n1. The number of ether oxygens (including phenoxy) is 1. The van der Waals surface area contributed by atoms with Crippen LogP contribution in [0.5, 0.6) is 6.01 Å². The molecule has 0 unspecified atom stereocenters. The number of rotatable bonds is 2. The van der Waals surface area contributed by atoms with Gasteiger partial charge in [0.2, 0.25) is 0 Å². The minimum atomic E-state index is -4.62. The number of alkyl halides is 3. The molecular formula is C9H7F3N4O. The van der Waals surface area contributed by atoms with Gasteiger partial charge in [0.25, 0.3) is 0 Å². The predicted octanol–water partition coefficient (Wildman–Crippen LogP) is 1.84. The third-order valence-corrected chi connectivity index (χ3v) is 1.85. The fourth-order valence-corrected chi connectivity index (χ4v) is 1.24. The monoisotopic (exact) mass is 244 g/mol. The van der Waals surface area contributed by atoms with Gasteiger partial charge in [-0.3, -0.25) is 0 Å². The summed E-state index contributed by atoms with van der Waals surface area (Å²) in [6.45, 7) is 1.79. The molecule has 0 aliphatic carbocycles. The highest BCUT2D eigenvalue weighted by molar-refractivity contribution is 5.72. The highest BCUT2D eigenvalue weighted by Crippen LogP contribution is 2.32. The number of nitrogens with zero attached hydrogens (tertiary/aromatic N) is 4. The number of hydrogen-bond acceptors (Lipinski definition) is 5. The lowest BCUT2D eigenvalue weighted by atomic mass is 10.3. The van der Waals surface area contributed by atoms with Gasteiger partial charge in [0.15, 0.2) is 11.3 Å². The first-order valence-corrected chi connectivity index (χ1v) is 4.71. The van der Waals surface area contributed by atoms with Crippen molar-refractivity contribution in [3.63, 3.8) is 0 Å². The lowest BCUT2D eigenvalue weighted by molar-refractivity contribution is -0.140. The molecule has 8 heteroatoms. The van der Waals surface area contributed by atoms with E-state index < -0.39 is 11.9 Å². The second-order valence-electron chi connectivity index (χ2n) is 3.01. The molecule has 0 spiro atoms. The van der Waals surface area contributed by atoms with Crippen LogP contribution in [0.1, 0.15) is 12.6 Å². The van der Waals surface area contributed by atoms with E-state index in [0.717, 1.165) is 6.20 Å². The molecule has 0 radical (unpaired) electrons. The first kappa shape index (κ1) is 11.5. The minimum absolute atomic E-state index is 0.140. The van der Waals surface area contributed by atoms with Crippen molar-refractivity contribution in [2.24, 2.45) is 0 Å². The van der Waals surface area contributed by atoms with Crippen molar-refractivity contribution < 1.29 is 17.9 Å². The van der Waals surface area contributed by atoms with E-state index in [9.17, 15) is 13.2 Å². The maximum Gasteiger partial charge on any atom is 0.435 e. The summed E-state index contributed by atoms with van der Waals surface area (Å²) in [6, 6.07) is -0.354. The summed E-state index contributed by atoms with van der Waals surface area (Å²) in [5, 5.41) is 0. The van der Waals surface area contributed by atoms with Crippen LogP contribution < -0.4 is 4.74 Å². The van der Waals surface area contributed by atoms with Gasteiger partial charge in [-0.2, -0.15) is 23.1 Å². The Kier molecular flexibility index (Phi) is 2.78. The first-order valence-electron chi connectivity index (χ1n) is 4.71. The van der Waals surface area contributed by atoms with Crippen molar-refractivity contribution in [1.29, 1.82) is 0 Å². The molecule has 0 N–H and O–H groups in total. The molecule has 0 aliphatic heterocycles.